The van der Waals surface area contributed by atoms with Gasteiger partial charge in [-0.25, -0.2) is 13.8 Å². The third-order valence-corrected chi connectivity index (χ3v) is 6.46. The predicted molar refractivity (Wildman–Crippen MR) is 156 cm³/mol. The highest BCUT2D eigenvalue weighted by Gasteiger charge is 2.17. The molecule has 3 N–H and O–H groups in total. The van der Waals surface area contributed by atoms with Gasteiger partial charge in [0.05, 0.1) is 12.7 Å². The van der Waals surface area contributed by atoms with Crippen molar-refractivity contribution >= 4 is 45.7 Å². The van der Waals surface area contributed by atoms with Crippen molar-refractivity contribution in [2.24, 2.45) is 0 Å². The highest BCUT2D eigenvalue weighted by molar-refractivity contribution is 7.15. The first-order chi connectivity index (χ1) is 20.6. The molecule has 14 heteroatoms. The molecule has 11 nitrogen and oxygen atoms in total. The van der Waals surface area contributed by atoms with Crippen molar-refractivity contribution in [3.05, 3.63) is 76.6 Å². The molecule has 0 spiro atoms. The fourth-order valence-corrected chi connectivity index (χ4v) is 4.49. The van der Waals surface area contributed by atoms with Crippen LogP contribution in [0, 0.1) is 11.6 Å². The fourth-order valence-electron chi connectivity index (χ4n) is 3.79. The molecule has 0 saturated carbocycles. The average molecular weight is 616 g/mol. The molecular weight excluding hydrogens is 584 g/mol. The number of aromatic nitrogens is 2. The molecule has 0 bridgehead atoms. The third kappa shape index (κ3) is 8.82. The number of imidazole rings is 1. The zero-order valence-electron chi connectivity index (χ0n) is 24.0. The number of hydrogen-bond acceptors (Lipinski definition) is 8. The van der Waals surface area contributed by atoms with E-state index in [-0.39, 0.29) is 42.8 Å². The maximum atomic E-state index is 14.0. The van der Waals surface area contributed by atoms with Gasteiger partial charge in [0.1, 0.15) is 11.4 Å². The van der Waals surface area contributed by atoms with Gasteiger partial charge in [-0.05, 0) is 42.3 Å². The number of carbonyl (C=O) groups excluding carboxylic acids is 4. The van der Waals surface area contributed by atoms with E-state index in [9.17, 15) is 28.0 Å². The molecule has 0 unspecified atom stereocenters. The SMILES string of the molecule is CC.COc1ccc(NC(=O)c2cn3ccsc3n2)cc1C(=O)NCCCC(=O)NCc1cc(F)c(OC(C)=O)c(F)c1. The second kappa shape index (κ2) is 15.4. The number of anilines is 1. The Bertz CT molecular complexity index is 1570. The minimum Gasteiger partial charge on any atom is -0.496 e. The maximum Gasteiger partial charge on any atom is 0.308 e. The molecule has 0 aliphatic heterocycles. The van der Waals surface area contributed by atoms with Crippen molar-refractivity contribution in [1.29, 1.82) is 0 Å². The number of fused-ring (bicyclic) bond motifs is 1. The fraction of sp³-hybridized carbons (Fsp3) is 0.276. The van der Waals surface area contributed by atoms with Gasteiger partial charge in [-0.2, -0.15) is 0 Å². The molecule has 43 heavy (non-hydrogen) atoms. The standard InChI is InChI=1S/C27H25F2N5O6S.C2H6/c1-15(35)40-24-19(28)10-16(11-20(24)29)13-31-23(36)4-3-7-30-25(37)18-12-17(5-6-22(18)39-2)32-26(38)21-14-34-8-9-41-27(34)33-21;1-2/h5-6,8-12,14H,3-4,7,13H2,1-2H3,(H,30,37)(H,31,36)(H,32,38);1-2H3. The number of halogens is 2. The minimum atomic E-state index is -1.06. The lowest BCUT2D eigenvalue weighted by Gasteiger charge is -2.12. The largest absolute Gasteiger partial charge is 0.496 e. The molecular formula is C29H31F2N5O6S. The number of esters is 1. The van der Waals surface area contributed by atoms with Crippen molar-refractivity contribution < 1.29 is 37.4 Å². The second-order valence-electron chi connectivity index (χ2n) is 8.71. The summed E-state index contributed by atoms with van der Waals surface area (Å²) in [6.07, 6.45) is 3.71. The van der Waals surface area contributed by atoms with Crippen molar-refractivity contribution in [3.8, 4) is 11.5 Å². The van der Waals surface area contributed by atoms with Crippen LogP contribution in [0.4, 0.5) is 14.5 Å². The second-order valence-corrected chi connectivity index (χ2v) is 9.58. The van der Waals surface area contributed by atoms with Gasteiger partial charge in [0.25, 0.3) is 11.8 Å². The van der Waals surface area contributed by atoms with Gasteiger partial charge in [0.2, 0.25) is 11.7 Å². The predicted octanol–water partition coefficient (Wildman–Crippen LogP) is 4.71. The van der Waals surface area contributed by atoms with E-state index < -0.39 is 41.1 Å². The summed E-state index contributed by atoms with van der Waals surface area (Å²) in [7, 11) is 1.41. The van der Waals surface area contributed by atoms with Crippen LogP contribution in [0.3, 0.4) is 0 Å². The van der Waals surface area contributed by atoms with Gasteiger partial charge in [0, 0.05) is 49.9 Å². The Balaban J connectivity index is 0.00000248. The lowest BCUT2D eigenvalue weighted by molar-refractivity contribution is -0.132. The lowest BCUT2D eigenvalue weighted by atomic mass is 10.1. The molecule has 2 aromatic carbocycles. The molecule has 2 heterocycles. The first kappa shape index (κ1) is 32.7. The van der Waals surface area contributed by atoms with Gasteiger partial charge in [-0.15, -0.1) is 11.3 Å². The van der Waals surface area contributed by atoms with Crippen LogP contribution < -0.4 is 25.4 Å². The van der Waals surface area contributed by atoms with Crippen LogP contribution >= 0.6 is 11.3 Å². The zero-order chi connectivity index (χ0) is 31.5. The van der Waals surface area contributed by atoms with Crippen LogP contribution in [0.2, 0.25) is 0 Å². The smallest absolute Gasteiger partial charge is 0.308 e. The molecule has 4 rings (SSSR count). The number of hydrogen-bond donors (Lipinski definition) is 3. The number of thiazole rings is 1. The number of amides is 3. The number of nitrogens with zero attached hydrogens (tertiary/aromatic N) is 2. The number of nitrogens with one attached hydrogen (secondary N) is 3. The number of benzene rings is 2. The molecule has 3 amide bonds. The molecule has 0 fully saturated rings. The minimum absolute atomic E-state index is 0.0338. The van der Waals surface area contributed by atoms with Crippen LogP contribution in [-0.2, 0) is 16.1 Å². The van der Waals surface area contributed by atoms with Gasteiger partial charge < -0.3 is 25.4 Å². The third-order valence-electron chi connectivity index (χ3n) is 5.69. The topological polar surface area (TPSA) is 140 Å². The molecule has 0 atom stereocenters. The molecule has 0 radical (unpaired) electrons. The van der Waals surface area contributed by atoms with Crippen molar-refractivity contribution in [2.75, 3.05) is 19.0 Å². The number of methoxy groups -OCH3 is 1. The van der Waals surface area contributed by atoms with E-state index in [1.54, 1.807) is 28.9 Å². The van der Waals surface area contributed by atoms with Crippen molar-refractivity contribution in [2.45, 2.75) is 40.2 Å². The summed E-state index contributed by atoms with van der Waals surface area (Å²) in [5, 5.41) is 9.81. The van der Waals surface area contributed by atoms with E-state index in [0.29, 0.717) is 16.4 Å². The Morgan fingerprint density at radius 2 is 1.74 bits per heavy atom. The van der Waals surface area contributed by atoms with E-state index in [2.05, 4.69) is 25.7 Å². The van der Waals surface area contributed by atoms with E-state index in [1.807, 2.05) is 19.2 Å². The maximum absolute atomic E-state index is 14.0. The number of rotatable bonds is 11. The van der Waals surface area contributed by atoms with Crippen LogP contribution in [0.5, 0.6) is 11.5 Å². The quantitative estimate of drug-likeness (QED) is 0.126. The summed E-state index contributed by atoms with van der Waals surface area (Å²) < 4.78 is 39.5. The van der Waals surface area contributed by atoms with Gasteiger partial charge in [-0.3, -0.25) is 23.6 Å². The highest BCUT2D eigenvalue weighted by atomic mass is 32.1. The molecule has 4 aromatic rings. The summed E-state index contributed by atoms with van der Waals surface area (Å²) in [6, 6.07) is 6.54. The first-order valence-corrected chi connectivity index (χ1v) is 14.2. The Kier molecular flexibility index (Phi) is 11.7. The molecule has 228 valence electrons. The van der Waals surface area contributed by atoms with Crippen LogP contribution in [0.1, 0.15) is 60.0 Å². The summed E-state index contributed by atoms with van der Waals surface area (Å²) >= 11 is 1.40. The molecule has 0 saturated heterocycles. The van der Waals surface area contributed by atoms with E-state index in [1.165, 1.54) is 24.5 Å². The Morgan fingerprint density at radius 3 is 2.40 bits per heavy atom. The lowest BCUT2D eigenvalue weighted by Crippen LogP contribution is -2.27. The number of ether oxygens (including phenoxy) is 2. The van der Waals surface area contributed by atoms with Crippen molar-refractivity contribution in [3.63, 3.8) is 0 Å². The van der Waals surface area contributed by atoms with Gasteiger partial charge in [0.15, 0.2) is 16.6 Å². The number of carbonyl (C=O) groups is 4. The summed E-state index contributed by atoms with van der Waals surface area (Å²) in [5.41, 5.74) is 0.919. The first-order valence-electron chi connectivity index (χ1n) is 13.3. The summed E-state index contributed by atoms with van der Waals surface area (Å²) in [5.74, 6) is -4.80. The van der Waals surface area contributed by atoms with Crippen LogP contribution in [0.15, 0.2) is 48.1 Å². The highest BCUT2D eigenvalue weighted by Crippen LogP contribution is 2.24. The Morgan fingerprint density at radius 1 is 1.02 bits per heavy atom. The average Bonchev–Trinajstić information content (AvgIpc) is 3.60. The van der Waals surface area contributed by atoms with E-state index >= 15 is 0 Å². The monoisotopic (exact) mass is 615 g/mol. The summed E-state index contributed by atoms with van der Waals surface area (Å²) in [6.45, 7) is 5.03. The van der Waals surface area contributed by atoms with E-state index in [0.717, 1.165) is 19.1 Å². The van der Waals surface area contributed by atoms with E-state index in [4.69, 9.17) is 4.74 Å². The zero-order valence-corrected chi connectivity index (χ0v) is 24.8. The summed E-state index contributed by atoms with van der Waals surface area (Å²) in [4.78, 5) is 53.5. The Labute approximate surface area is 250 Å². The van der Waals surface area contributed by atoms with Crippen LogP contribution in [0.25, 0.3) is 4.96 Å². The van der Waals surface area contributed by atoms with Gasteiger partial charge >= 0.3 is 5.97 Å². The Hall–Kier alpha value is -4.85. The van der Waals surface area contributed by atoms with Crippen LogP contribution in [-0.4, -0.2) is 46.7 Å². The van der Waals surface area contributed by atoms with Crippen molar-refractivity contribution in [1.82, 2.24) is 20.0 Å². The molecule has 0 aliphatic carbocycles. The van der Waals surface area contributed by atoms with Gasteiger partial charge in [-0.1, -0.05) is 13.8 Å². The molecule has 0 aliphatic rings. The molecule has 2 aromatic heterocycles. The normalized spacial score (nSPS) is 10.4.